The summed E-state index contributed by atoms with van der Waals surface area (Å²) in [5, 5.41) is 15.5. The molecule has 4 aromatic rings. The number of rotatable bonds is 6. The van der Waals surface area contributed by atoms with Crippen molar-refractivity contribution in [2.45, 2.75) is 12.7 Å². The number of amides is 1. The van der Waals surface area contributed by atoms with Crippen LogP contribution in [-0.2, 0) is 12.7 Å². The van der Waals surface area contributed by atoms with E-state index in [-0.39, 0.29) is 45.6 Å². The molecule has 0 aliphatic carbocycles. The summed E-state index contributed by atoms with van der Waals surface area (Å²) in [6.45, 7) is 0.0901. The molecular formula is C23H13Cl3F3N3O4. The van der Waals surface area contributed by atoms with Crippen molar-refractivity contribution in [3.05, 3.63) is 86.7 Å². The Labute approximate surface area is 216 Å². The van der Waals surface area contributed by atoms with Gasteiger partial charge in [0.15, 0.2) is 5.75 Å². The molecule has 1 amide bonds. The number of halogens is 6. The van der Waals surface area contributed by atoms with Crippen molar-refractivity contribution in [3.63, 3.8) is 0 Å². The molecule has 0 atom stereocenters. The SMILES string of the molecule is O=C(NCc1ccc(Oc2ccc(Cl)c(C(F)(F)F)c2)cc1)c1nc(-c2cc(Cl)c(O)c(Cl)c2)no1. The molecule has 0 fully saturated rings. The number of nitrogens with one attached hydrogen (secondary N) is 1. The maximum absolute atomic E-state index is 13.0. The number of aromatic hydroxyl groups is 1. The van der Waals surface area contributed by atoms with E-state index in [4.69, 9.17) is 44.1 Å². The minimum atomic E-state index is -4.61. The number of nitrogens with zero attached hydrogens (tertiary/aromatic N) is 2. The molecule has 36 heavy (non-hydrogen) atoms. The van der Waals surface area contributed by atoms with Gasteiger partial charge in [-0.15, -0.1) is 0 Å². The Morgan fingerprint density at radius 2 is 1.61 bits per heavy atom. The van der Waals surface area contributed by atoms with E-state index in [0.29, 0.717) is 11.1 Å². The maximum atomic E-state index is 13.0. The smallest absolute Gasteiger partial charge is 0.417 e. The van der Waals surface area contributed by atoms with Gasteiger partial charge in [-0.3, -0.25) is 4.79 Å². The van der Waals surface area contributed by atoms with Gasteiger partial charge in [0.05, 0.1) is 20.6 Å². The van der Waals surface area contributed by atoms with E-state index in [1.54, 1.807) is 12.1 Å². The summed E-state index contributed by atoms with van der Waals surface area (Å²) in [4.78, 5) is 16.4. The van der Waals surface area contributed by atoms with Crippen molar-refractivity contribution in [1.82, 2.24) is 15.5 Å². The molecule has 3 aromatic carbocycles. The Morgan fingerprint density at radius 1 is 0.972 bits per heavy atom. The number of alkyl halides is 3. The Morgan fingerprint density at radius 3 is 2.25 bits per heavy atom. The van der Waals surface area contributed by atoms with Crippen LogP contribution in [0.25, 0.3) is 11.4 Å². The Kier molecular flexibility index (Phi) is 7.30. The summed E-state index contributed by atoms with van der Waals surface area (Å²) < 4.78 is 49.5. The van der Waals surface area contributed by atoms with Crippen molar-refractivity contribution < 1.29 is 32.3 Å². The summed E-state index contributed by atoms with van der Waals surface area (Å²) in [5.74, 6) is -0.954. The molecule has 0 spiro atoms. The summed E-state index contributed by atoms with van der Waals surface area (Å²) in [6, 6.07) is 12.3. The molecule has 0 aliphatic heterocycles. The normalized spacial score (nSPS) is 11.4. The third-order valence-corrected chi connectivity index (χ3v) is 5.66. The van der Waals surface area contributed by atoms with Crippen LogP contribution in [0.15, 0.2) is 59.1 Å². The van der Waals surface area contributed by atoms with E-state index in [1.165, 1.54) is 30.3 Å². The first kappa shape index (κ1) is 25.6. The Balaban J connectivity index is 1.37. The van der Waals surface area contributed by atoms with Crippen molar-refractivity contribution in [2.75, 3.05) is 0 Å². The summed E-state index contributed by atoms with van der Waals surface area (Å²) in [6.07, 6.45) is -4.61. The van der Waals surface area contributed by atoms with Gasteiger partial charge in [-0.25, -0.2) is 0 Å². The Hall–Kier alpha value is -3.47. The summed E-state index contributed by atoms with van der Waals surface area (Å²) >= 11 is 17.4. The minimum Gasteiger partial charge on any atom is -0.505 e. The topological polar surface area (TPSA) is 97.5 Å². The van der Waals surface area contributed by atoms with Gasteiger partial charge < -0.3 is 19.7 Å². The zero-order chi connectivity index (χ0) is 26.0. The van der Waals surface area contributed by atoms with Crippen LogP contribution in [0.2, 0.25) is 15.1 Å². The first-order valence-electron chi connectivity index (χ1n) is 9.95. The molecule has 0 radical (unpaired) electrons. The van der Waals surface area contributed by atoms with Crippen LogP contribution in [0.3, 0.4) is 0 Å². The molecule has 0 saturated heterocycles. The maximum Gasteiger partial charge on any atom is 0.417 e. The predicted molar refractivity (Wildman–Crippen MR) is 126 cm³/mol. The molecule has 0 saturated carbocycles. The van der Waals surface area contributed by atoms with E-state index in [9.17, 15) is 23.1 Å². The number of phenolic OH excluding ortho intramolecular Hbond substituents is 1. The molecule has 13 heteroatoms. The fourth-order valence-electron chi connectivity index (χ4n) is 2.98. The number of aromatic nitrogens is 2. The van der Waals surface area contributed by atoms with Crippen LogP contribution in [0.5, 0.6) is 17.2 Å². The molecule has 0 bridgehead atoms. The van der Waals surface area contributed by atoms with E-state index in [0.717, 1.165) is 12.1 Å². The lowest BCUT2D eigenvalue weighted by molar-refractivity contribution is -0.137. The second-order valence-electron chi connectivity index (χ2n) is 7.28. The first-order valence-corrected chi connectivity index (χ1v) is 11.1. The number of hydrogen-bond donors (Lipinski definition) is 2. The van der Waals surface area contributed by atoms with Crippen molar-refractivity contribution >= 4 is 40.7 Å². The second-order valence-corrected chi connectivity index (χ2v) is 8.50. The van der Waals surface area contributed by atoms with Gasteiger partial charge in [0.2, 0.25) is 5.82 Å². The van der Waals surface area contributed by atoms with Crippen LogP contribution in [-0.4, -0.2) is 21.2 Å². The fourth-order valence-corrected chi connectivity index (χ4v) is 3.69. The molecule has 186 valence electrons. The molecule has 1 aromatic heterocycles. The van der Waals surface area contributed by atoms with Gasteiger partial charge in [-0.1, -0.05) is 52.1 Å². The number of phenols is 1. The number of carbonyl (C=O) groups is 1. The minimum absolute atomic E-state index is 0.0161. The van der Waals surface area contributed by atoms with Crippen molar-refractivity contribution in [1.29, 1.82) is 0 Å². The molecular weight excluding hydrogens is 546 g/mol. The van der Waals surface area contributed by atoms with Crippen molar-refractivity contribution in [3.8, 4) is 28.6 Å². The quantitative estimate of drug-likeness (QED) is 0.261. The monoisotopic (exact) mass is 557 g/mol. The number of benzene rings is 3. The third-order valence-electron chi connectivity index (χ3n) is 4.75. The average molecular weight is 559 g/mol. The highest BCUT2D eigenvalue weighted by molar-refractivity contribution is 6.37. The zero-order valence-electron chi connectivity index (χ0n) is 17.7. The highest BCUT2D eigenvalue weighted by Gasteiger charge is 2.33. The molecule has 2 N–H and O–H groups in total. The van der Waals surface area contributed by atoms with Crippen LogP contribution in [0.1, 0.15) is 21.8 Å². The zero-order valence-corrected chi connectivity index (χ0v) is 20.0. The largest absolute Gasteiger partial charge is 0.505 e. The molecule has 7 nitrogen and oxygen atoms in total. The van der Waals surface area contributed by atoms with E-state index in [1.807, 2.05) is 0 Å². The van der Waals surface area contributed by atoms with Crippen LogP contribution in [0, 0.1) is 0 Å². The lowest BCUT2D eigenvalue weighted by atomic mass is 10.2. The van der Waals surface area contributed by atoms with E-state index >= 15 is 0 Å². The molecule has 0 unspecified atom stereocenters. The summed E-state index contributed by atoms with van der Waals surface area (Å²) in [5.41, 5.74) is 0.00522. The van der Waals surface area contributed by atoms with Gasteiger partial charge in [-0.05, 0) is 48.0 Å². The van der Waals surface area contributed by atoms with Crippen molar-refractivity contribution in [2.24, 2.45) is 0 Å². The second kappa shape index (κ2) is 10.3. The van der Waals surface area contributed by atoms with Gasteiger partial charge in [-0.2, -0.15) is 18.2 Å². The summed E-state index contributed by atoms with van der Waals surface area (Å²) in [7, 11) is 0. The lowest BCUT2D eigenvalue weighted by Crippen LogP contribution is -2.23. The van der Waals surface area contributed by atoms with Crippen LogP contribution >= 0.6 is 34.8 Å². The van der Waals surface area contributed by atoms with Gasteiger partial charge in [0.25, 0.3) is 0 Å². The van der Waals surface area contributed by atoms with Gasteiger partial charge in [0.1, 0.15) is 11.5 Å². The van der Waals surface area contributed by atoms with Crippen LogP contribution in [0.4, 0.5) is 13.2 Å². The van der Waals surface area contributed by atoms with Crippen LogP contribution < -0.4 is 10.1 Å². The Bertz CT molecular complexity index is 1400. The standard InChI is InChI=1S/C23H13Cl3F3N3O4/c24-16-6-5-14(9-15(16)23(27,28)29)35-13-3-1-11(2-4-13)10-30-21(34)22-31-20(32-36-22)12-7-17(25)19(33)18(26)8-12/h1-9,33H,10H2,(H,30,34). The number of ether oxygens (including phenoxy) is 1. The third kappa shape index (κ3) is 5.84. The van der Waals surface area contributed by atoms with E-state index < -0.39 is 22.7 Å². The first-order chi connectivity index (χ1) is 17.0. The fraction of sp³-hybridized carbons (Fsp3) is 0.0870. The molecule has 4 rings (SSSR count). The highest BCUT2D eigenvalue weighted by Crippen LogP contribution is 2.38. The molecule has 0 aliphatic rings. The lowest BCUT2D eigenvalue weighted by Gasteiger charge is -2.12. The average Bonchev–Trinajstić information content (AvgIpc) is 3.33. The van der Waals surface area contributed by atoms with Gasteiger partial charge in [0, 0.05) is 12.1 Å². The highest BCUT2D eigenvalue weighted by atomic mass is 35.5. The number of carbonyl (C=O) groups excluding carboxylic acids is 1. The predicted octanol–water partition coefficient (Wildman–Crippen LogP) is 7.14. The van der Waals surface area contributed by atoms with E-state index in [2.05, 4.69) is 15.5 Å². The van der Waals surface area contributed by atoms with Gasteiger partial charge >= 0.3 is 18.0 Å². The number of hydrogen-bond acceptors (Lipinski definition) is 6. The molecule has 1 heterocycles.